The number of ether oxygens (including phenoxy) is 3. The minimum atomic E-state index is 0.432. The van der Waals surface area contributed by atoms with Gasteiger partial charge in [-0.3, -0.25) is 14.7 Å². The average Bonchev–Trinajstić information content (AvgIpc) is 3.83. The lowest BCUT2D eigenvalue weighted by atomic mass is 9.66. The molecule has 0 aromatic heterocycles. The van der Waals surface area contributed by atoms with E-state index in [2.05, 4.69) is 90.0 Å². The molecule has 47 heavy (non-hydrogen) atoms. The van der Waals surface area contributed by atoms with Crippen LogP contribution < -0.4 is 0 Å². The van der Waals surface area contributed by atoms with Crippen molar-refractivity contribution in [3.8, 4) is 0 Å². The molecule has 0 radical (unpaired) electrons. The predicted octanol–water partition coefficient (Wildman–Crippen LogP) is 9.82. The summed E-state index contributed by atoms with van der Waals surface area (Å²) in [6, 6.07) is 1.24. The molecule has 4 aliphatic heterocycles. The maximum absolute atomic E-state index is 5.58. The molecule has 3 unspecified atom stereocenters. The Morgan fingerprint density at radius 1 is 0.787 bits per heavy atom. The van der Waals surface area contributed by atoms with E-state index in [4.69, 9.17) is 14.2 Å². The van der Waals surface area contributed by atoms with Crippen molar-refractivity contribution < 1.29 is 14.2 Å². The summed E-state index contributed by atoms with van der Waals surface area (Å²) in [5.74, 6) is 1.49. The Hall–Kier alpha value is -0.500. The highest BCUT2D eigenvalue weighted by molar-refractivity contribution is 5.20. The number of rotatable bonds is 10. The molecule has 1 spiro atoms. The van der Waals surface area contributed by atoms with Gasteiger partial charge in [-0.25, -0.2) is 0 Å². The first-order chi connectivity index (χ1) is 22.6. The highest BCUT2D eigenvalue weighted by Gasteiger charge is 2.52. The molecule has 0 aromatic carbocycles. The summed E-state index contributed by atoms with van der Waals surface area (Å²) < 4.78 is 16.5. The number of likely N-dealkylation sites (N-methyl/N-ethyl adjacent to an activating group) is 2. The second-order valence-electron chi connectivity index (χ2n) is 13.7. The fourth-order valence-electron chi connectivity index (χ4n) is 7.95. The molecule has 0 N–H and O–H groups in total. The number of nitrogens with zero attached hydrogens (tertiary/aromatic N) is 3. The van der Waals surface area contributed by atoms with Crippen molar-refractivity contribution in [2.24, 2.45) is 17.3 Å². The van der Waals surface area contributed by atoms with Crippen LogP contribution in [0.5, 0.6) is 0 Å². The third-order valence-electron chi connectivity index (χ3n) is 10.1. The largest absolute Gasteiger partial charge is 0.381 e. The molecule has 284 valence electrons. The summed E-state index contributed by atoms with van der Waals surface area (Å²) in [5.41, 5.74) is 2.44. The van der Waals surface area contributed by atoms with Gasteiger partial charge in [-0.1, -0.05) is 109 Å². The monoisotopic (exact) mass is 670 g/mol. The fraction of sp³-hybridized carbons (Fsp3) is 0.951. The Balaban J connectivity index is 0. The van der Waals surface area contributed by atoms with Gasteiger partial charge in [-0.15, -0.1) is 0 Å². The summed E-state index contributed by atoms with van der Waals surface area (Å²) in [4.78, 5) is 7.71. The zero-order valence-corrected chi connectivity index (χ0v) is 35.0. The molecule has 0 amide bonds. The van der Waals surface area contributed by atoms with Gasteiger partial charge in [0.15, 0.2) is 0 Å². The summed E-state index contributed by atoms with van der Waals surface area (Å²) in [5, 5.41) is 0. The SMILES string of the molecule is CC.CC.CC.CCN1CCC(C(C)(C)C)C12CCOCC2.CCOCC1C(C(C)C)=CCN1CC.CCOCC1CCCN1CC. The molecule has 3 saturated heterocycles. The van der Waals surface area contributed by atoms with E-state index in [0.717, 1.165) is 58.6 Å². The quantitative estimate of drug-likeness (QED) is 0.216. The summed E-state index contributed by atoms with van der Waals surface area (Å²) in [6.45, 7) is 47.2. The third-order valence-corrected chi connectivity index (χ3v) is 10.1. The lowest BCUT2D eigenvalue weighted by Gasteiger charge is -2.49. The molecule has 6 nitrogen and oxygen atoms in total. The first-order valence-electron chi connectivity index (χ1n) is 20.3. The van der Waals surface area contributed by atoms with Gasteiger partial charge in [-0.05, 0) is 95.9 Å². The fourth-order valence-corrected chi connectivity index (χ4v) is 7.95. The van der Waals surface area contributed by atoms with Gasteiger partial charge in [0.25, 0.3) is 0 Å². The van der Waals surface area contributed by atoms with E-state index in [1.165, 1.54) is 58.3 Å². The zero-order valence-electron chi connectivity index (χ0n) is 35.0. The third kappa shape index (κ3) is 15.9. The normalized spacial score (nSPS) is 24.0. The Bertz CT molecular complexity index is 730. The van der Waals surface area contributed by atoms with Crippen molar-refractivity contribution in [2.45, 2.75) is 161 Å². The van der Waals surface area contributed by atoms with Crippen molar-refractivity contribution in [3.63, 3.8) is 0 Å². The standard InChI is InChI=1S/C14H27NO.C12H23NO.C9H19NO.3C2H6/c1-5-15-9-6-12(13(2,3)4)14(15)7-10-16-11-8-14;1-5-13-8-7-11(10(3)4)12(13)9-14-6-2;1-3-10-7-5-6-9(10)8-11-4-2;3*1-2/h12H,5-11H2,1-4H3;7,10,12H,5-6,8-9H2,1-4H3;9H,3-8H2,1-2H3;3*1-2H3. The van der Waals surface area contributed by atoms with Crippen molar-refractivity contribution >= 4 is 0 Å². The van der Waals surface area contributed by atoms with Crippen LogP contribution in [0.2, 0.25) is 0 Å². The van der Waals surface area contributed by atoms with Gasteiger partial charge in [0.1, 0.15) is 0 Å². The predicted molar refractivity (Wildman–Crippen MR) is 209 cm³/mol. The van der Waals surface area contributed by atoms with Gasteiger partial charge >= 0.3 is 0 Å². The van der Waals surface area contributed by atoms with Gasteiger partial charge in [-0.2, -0.15) is 0 Å². The Kier molecular flexibility index (Phi) is 29.2. The van der Waals surface area contributed by atoms with Crippen LogP contribution in [0.4, 0.5) is 0 Å². The van der Waals surface area contributed by atoms with Gasteiger partial charge in [0.05, 0.1) is 19.3 Å². The molecule has 0 bridgehead atoms. The molecule has 4 rings (SSSR count). The summed E-state index contributed by atoms with van der Waals surface area (Å²) >= 11 is 0. The van der Waals surface area contributed by atoms with E-state index in [-0.39, 0.29) is 0 Å². The molecular formula is C41H87N3O3. The second-order valence-corrected chi connectivity index (χ2v) is 13.7. The Morgan fingerprint density at radius 3 is 1.81 bits per heavy atom. The molecule has 0 aromatic rings. The van der Waals surface area contributed by atoms with E-state index >= 15 is 0 Å². The smallest absolute Gasteiger partial charge is 0.0660 e. The van der Waals surface area contributed by atoms with E-state index in [9.17, 15) is 0 Å². The topological polar surface area (TPSA) is 37.4 Å². The molecule has 3 atom stereocenters. The van der Waals surface area contributed by atoms with Gasteiger partial charge < -0.3 is 14.2 Å². The summed E-state index contributed by atoms with van der Waals surface area (Å²) in [6.07, 6.45) is 8.90. The summed E-state index contributed by atoms with van der Waals surface area (Å²) in [7, 11) is 0. The number of hydrogen-bond donors (Lipinski definition) is 0. The van der Waals surface area contributed by atoms with Gasteiger partial charge in [0.2, 0.25) is 0 Å². The lowest BCUT2D eigenvalue weighted by Crippen LogP contribution is -2.54. The first kappa shape index (κ1) is 48.6. The highest BCUT2D eigenvalue weighted by Crippen LogP contribution is 2.50. The molecule has 3 fully saturated rings. The maximum Gasteiger partial charge on any atom is 0.0660 e. The Morgan fingerprint density at radius 2 is 1.34 bits per heavy atom. The van der Waals surface area contributed by atoms with E-state index < -0.39 is 0 Å². The first-order valence-corrected chi connectivity index (χ1v) is 20.3. The van der Waals surface area contributed by atoms with Crippen LogP contribution in [-0.4, -0.2) is 111 Å². The second kappa shape index (κ2) is 28.2. The van der Waals surface area contributed by atoms with Crippen LogP contribution in [0.1, 0.15) is 143 Å². The Labute approximate surface area is 296 Å². The van der Waals surface area contributed by atoms with Crippen LogP contribution in [0.25, 0.3) is 0 Å². The number of likely N-dealkylation sites (tertiary alicyclic amines) is 2. The zero-order chi connectivity index (χ0) is 36.5. The minimum absolute atomic E-state index is 0.432. The molecule has 4 aliphatic rings. The van der Waals surface area contributed by atoms with Crippen molar-refractivity contribution in [2.75, 3.05) is 78.9 Å². The lowest BCUT2D eigenvalue weighted by molar-refractivity contribution is -0.0481. The molecule has 6 heteroatoms. The van der Waals surface area contributed by atoms with Crippen LogP contribution >= 0.6 is 0 Å². The van der Waals surface area contributed by atoms with E-state index in [1.54, 1.807) is 5.57 Å². The van der Waals surface area contributed by atoms with Crippen molar-refractivity contribution in [1.82, 2.24) is 14.7 Å². The van der Waals surface area contributed by atoms with Crippen LogP contribution in [0.15, 0.2) is 11.6 Å². The maximum atomic E-state index is 5.58. The van der Waals surface area contributed by atoms with E-state index in [1.807, 2.05) is 41.5 Å². The van der Waals surface area contributed by atoms with E-state index in [0.29, 0.717) is 29.0 Å². The molecular weight excluding hydrogens is 582 g/mol. The van der Waals surface area contributed by atoms with Gasteiger partial charge in [0, 0.05) is 44.6 Å². The van der Waals surface area contributed by atoms with Crippen molar-refractivity contribution in [1.29, 1.82) is 0 Å². The molecule has 0 saturated carbocycles. The van der Waals surface area contributed by atoms with Crippen LogP contribution in [-0.2, 0) is 14.2 Å². The number of hydrogen-bond acceptors (Lipinski definition) is 6. The van der Waals surface area contributed by atoms with Crippen LogP contribution in [0, 0.1) is 17.3 Å². The minimum Gasteiger partial charge on any atom is -0.381 e. The average molecular weight is 670 g/mol. The van der Waals surface area contributed by atoms with Crippen LogP contribution in [0.3, 0.4) is 0 Å². The van der Waals surface area contributed by atoms with Crippen molar-refractivity contribution in [3.05, 3.63) is 11.6 Å². The highest BCUT2D eigenvalue weighted by atomic mass is 16.5. The molecule has 4 heterocycles. The molecule has 0 aliphatic carbocycles.